The van der Waals surface area contributed by atoms with Crippen LogP contribution in [0.1, 0.15) is 34.9 Å². The number of hydrogen-bond acceptors (Lipinski definition) is 7. The van der Waals surface area contributed by atoms with E-state index in [9.17, 15) is 14.4 Å². The predicted octanol–water partition coefficient (Wildman–Crippen LogP) is 2.20. The molecule has 9 nitrogen and oxygen atoms in total. The summed E-state index contributed by atoms with van der Waals surface area (Å²) < 4.78 is 11.2. The zero-order valence-electron chi connectivity index (χ0n) is 15.6. The highest BCUT2D eigenvalue weighted by atomic mass is 16.5. The van der Waals surface area contributed by atoms with Crippen LogP contribution in [0.4, 0.5) is 5.69 Å². The number of carbonyl (C=O) groups excluding carboxylic acids is 2. The van der Waals surface area contributed by atoms with E-state index in [1.807, 2.05) is 0 Å². The molecule has 1 aromatic carbocycles. The maximum absolute atomic E-state index is 12.3. The Morgan fingerprint density at radius 1 is 1.21 bits per heavy atom. The summed E-state index contributed by atoms with van der Waals surface area (Å²) in [5.74, 6) is 0.497. The van der Waals surface area contributed by atoms with Gasteiger partial charge in [0.1, 0.15) is 6.54 Å². The number of pyridine rings is 1. The lowest BCUT2D eigenvalue weighted by atomic mass is 10.2. The van der Waals surface area contributed by atoms with Crippen molar-refractivity contribution in [3.8, 4) is 11.5 Å². The number of esters is 1. The highest BCUT2D eigenvalue weighted by molar-refractivity contribution is 5.93. The fourth-order valence-electron chi connectivity index (χ4n) is 2.80. The molecular weight excluding hydrogens is 376 g/mol. The molecule has 0 spiro atoms. The monoisotopic (exact) mass is 394 g/mol. The van der Waals surface area contributed by atoms with Gasteiger partial charge in [-0.2, -0.15) is 4.98 Å². The smallest absolute Gasteiger partial charge is 0.337 e. The van der Waals surface area contributed by atoms with E-state index in [0.29, 0.717) is 34.4 Å². The first-order chi connectivity index (χ1) is 14.0. The summed E-state index contributed by atoms with van der Waals surface area (Å²) in [7, 11) is 1.30. The van der Waals surface area contributed by atoms with E-state index in [0.717, 1.165) is 12.8 Å². The molecule has 0 atom stereocenters. The van der Waals surface area contributed by atoms with Gasteiger partial charge in [0.2, 0.25) is 5.91 Å². The van der Waals surface area contributed by atoms with Crippen LogP contribution < -0.4 is 10.9 Å². The number of benzene rings is 1. The molecule has 29 heavy (non-hydrogen) atoms. The highest BCUT2D eigenvalue weighted by Gasteiger charge is 2.29. The standard InChI is InChI=1S/C20H18N4O5/c1-28-20(27)13-4-7-15(8-5-13)21-16(25)11-24-10-14(6-9-17(24)26)19-22-18(23-29-19)12-2-3-12/h4-10,12H,2-3,11H2,1H3,(H,21,25). The summed E-state index contributed by atoms with van der Waals surface area (Å²) in [4.78, 5) is 40.3. The number of aromatic nitrogens is 3. The molecule has 4 rings (SSSR count). The van der Waals surface area contributed by atoms with Gasteiger partial charge in [-0.05, 0) is 43.2 Å². The van der Waals surface area contributed by atoms with E-state index < -0.39 is 5.97 Å². The molecule has 2 aromatic heterocycles. The third kappa shape index (κ3) is 4.23. The molecule has 0 radical (unpaired) electrons. The fraction of sp³-hybridized carbons (Fsp3) is 0.250. The number of nitrogens with zero attached hydrogens (tertiary/aromatic N) is 3. The van der Waals surface area contributed by atoms with Crippen LogP contribution in [-0.4, -0.2) is 33.7 Å². The van der Waals surface area contributed by atoms with Crippen molar-refractivity contribution in [2.45, 2.75) is 25.3 Å². The molecule has 148 valence electrons. The van der Waals surface area contributed by atoms with Crippen LogP contribution in [0.5, 0.6) is 0 Å². The third-order valence-electron chi connectivity index (χ3n) is 4.52. The van der Waals surface area contributed by atoms with Crippen LogP contribution in [0.2, 0.25) is 0 Å². The van der Waals surface area contributed by atoms with Crippen molar-refractivity contribution < 1.29 is 18.8 Å². The summed E-state index contributed by atoms with van der Waals surface area (Å²) in [6.07, 6.45) is 3.63. The van der Waals surface area contributed by atoms with Gasteiger partial charge in [-0.3, -0.25) is 9.59 Å². The lowest BCUT2D eigenvalue weighted by Crippen LogP contribution is -2.26. The van der Waals surface area contributed by atoms with Gasteiger partial charge in [-0.15, -0.1) is 0 Å². The summed E-state index contributed by atoms with van der Waals surface area (Å²) in [5, 5.41) is 6.65. The predicted molar refractivity (Wildman–Crippen MR) is 102 cm³/mol. The second-order valence-electron chi connectivity index (χ2n) is 6.73. The zero-order valence-corrected chi connectivity index (χ0v) is 15.6. The van der Waals surface area contributed by atoms with Gasteiger partial charge in [0.15, 0.2) is 5.82 Å². The molecule has 1 saturated carbocycles. The van der Waals surface area contributed by atoms with Gasteiger partial charge in [0, 0.05) is 23.9 Å². The lowest BCUT2D eigenvalue weighted by Gasteiger charge is -2.08. The van der Waals surface area contributed by atoms with Crippen molar-refractivity contribution >= 4 is 17.6 Å². The Morgan fingerprint density at radius 3 is 2.66 bits per heavy atom. The Hall–Kier alpha value is -3.75. The normalized spacial score (nSPS) is 13.1. The second-order valence-corrected chi connectivity index (χ2v) is 6.73. The van der Waals surface area contributed by atoms with Crippen molar-refractivity contribution in [2.75, 3.05) is 12.4 Å². The average Bonchev–Trinajstić information content (AvgIpc) is 3.46. The quantitative estimate of drug-likeness (QED) is 0.637. The maximum Gasteiger partial charge on any atom is 0.337 e. The first-order valence-electron chi connectivity index (χ1n) is 9.06. The summed E-state index contributed by atoms with van der Waals surface area (Å²) in [6.45, 7) is -0.185. The van der Waals surface area contributed by atoms with Crippen LogP contribution in [0.15, 0.2) is 51.9 Å². The van der Waals surface area contributed by atoms with Crippen molar-refractivity contribution in [1.82, 2.24) is 14.7 Å². The van der Waals surface area contributed by atoms with Crippen LogP contribution in [0.25, 0.3) is 11.5 Å². The summed E-state index contributed by atoms with van der Waals surface area (Å²) in [6, 6.07) is 9.20. The first kappa shape index (κ1) is 18.6. The molecule has 1 aliphatic carbocycles. The molecule has 1 N–H and O–H groups in total. The van der Waals surface area contributed by atoms with Crippen molar-refractivity contribution in [3.63, 3.8) is 0 Å². The average molecular weight is 394 g/mol. The van der Waals surface area contributed by atoms with Gasteiger partial charge < -0.3 is 19.1 Å². The van der Waals surface area contributed by atoms with Crippen LogP contribution in [0.3, 0.4) is 0 Å². The number of methoxy groups -OCH3 is 1. The third-order valence-corrected chi connectivity index (χ3v) is 4.52. The second kappa shape index (κ2) is 7.70. The summed E-state index contributed by atoms with van der Waals surface area (Å²) in [5.41, 5.74) is 1.11. The molecule has 2 heterocycles. The van der Waals surface area contributed by atoms with E-state index in [1.54, 1.807) is 30.3 Å². The molecule has 0 aliphatic heterocycles. The number of amides is 1. The van der Waals surface area contributed by atoms with Gasteiger partial charge in [0.25, 0.3) is 11.4 Å². The molecule has 3 aromatic rings. The topological polar surface area (TPSA) is 116 Å². The first-order valence-corrected chi connectivity index (χ1v) is 9.06. The molecule has 1 aliphatic rings. The number of carbonyl (C=O) groups is 2. The van der Waals surface area contributed by atoms with Crippen LogP contribution in [0, 0.1) is 0 Å². The van der Waals surface area contributed by atoms with Crippen molar-refractivity contribution in [2.24, 2.45) is 0 Å². The van der Waals surface area contributed by atoms with Gasteiger partial charge in [-0.25, -0.2) is 4.79 Å². The van der Waals surface area contributed by atoms with Gasteiger partial charge in [0.05, 0.1) is 18.2 Å². The molecule has 0 bridgehead atoms. The zero-order chi connectivity index (χ0) is 20.4. The Labute approximate surface area is 165 Å². The van der Waals surface area contributed by atoms with Crippen LogP contribution >= 0.6 is 0 Å². The maximum atomic E-state index is 12.3. The van der Waals surface area contributed by atoms with Crippen molar-refractivity contribution in [3.05, 3.63) is 64.3 Å². The van der Waals surface area contributed by atoms with E-state index >= 15 is 0 Å². The Morgan fingerprint density at radius 2 is 1.97 bits per heavy atom. The number of rotatable bonds is 6. The molecule has 0 unspecified atom stereocenters. The fourth-order valence-corrected chi connectivity index (χ4v) is 2.80. The molecule has 9 heteroatoms. The Kier molecular flexibility index (Phi) is 4.94. The number of hydrogen-bond donors (Lipinski definition) is 1. The summed E-state index contributed by atoms with van der Waals surface area (Å²) >= 11 is 0. The van der Waals surface area contributed by atoms with Gasteiger partial charge in [-0.1, -0.05) is 5.16 Å². The minimum absolute atomic E-state index is 0.185. The molecule has 1 fully saturated rings. The largest absolute Gasteiger partial charge is 0.465 e. The van der Waals surface area contributed by atoms with E-state index in [2.05, 4.69) is 20.2 Å². The highest BCUT2D eigenvalue weighted by Crippen LogP contribution is 2.38. The minimum atomic E-state index is -0.461. The van der Waals surface area contributed by atoms with E-state index in [4.69, 9.17) is 4.52 Å². The van der Waals surface area contributed by atoms with Crippen molar-refractivity contribution in [1.29, 1.82) is 0 Å². The lowest BCUT2D eigenvalue weighted by molar-refractivity contribution is -0.116. The molecular formula is C20H18N4O5. The molecule has 0 saturated heterocycles. The SMILES string of the molecule is COC(=O)c1ccc(NC(=O)Cn2cc(-c3nc(C4CC4)no3)ccc2=O)cc1. The Bertz CT molecular complexity index is 1110. The number of ether oxygens (including phenoxy) is 1. The number of anilines is 1. The molecule has 1 amide bonds. The van der Waals surface area contributed by atoms with E-state index in [1.165, 1.54) is 23.9 Å². The Balaban J connectivity index is 1.46. The minimum Gasteiger partial charge on any atom is -0.465 e. The van der Waals surface area contributed by atoms with Gasteiger partial charge >= 0.3 is 5.97 Å². The van der Waals surface area contributed by atoms with E-state index in [-0.39, 0.29) is 18.0 Å². The number of nitrogens with one attached hydrogen (secondary N) is 1. The van der Waals surface area contributed by atoms with Crippen LogP contribution in [-0.2, 0) is 16.1 Å².